The van der Waals surface area contributed by atoms with E-state index in [2.05, 4.69) is 254 Å². The van der Waals surface area contributed by atoms with Crippen molar-refractivity contribution in [2.45, 2.75) is 27.7 Å². The van der Waals surface area contributed by atoms with Gasteiger partial charge in [0.2, 0.25) is 0 Å². The maximum atomic E-state index is 2.40. The zero-order chi connectivity index (χ0) is 41.5. The van der Waals surface area contributed by atoms with Crippen molar-refractivity contribution in [3.8, 4) is 27.9 Å². The van der Waals surface area contributed by atoms with Gasteiger partial charge in [0.15, 0.2) is 0 Å². The summed E-state index contributed by atoms with van der Waals surface area (Å²) in [5.41, 5.74) is 19.9. The molecule has 0 aliphatic carbocycles. The average Bonchev–Trinajstić information content (AvgIpc) is 3.63. The van der Waals surface area contributed by atoms with E-state index < -0.39 is 0 Å². The molecule has 61 heavy (non-hydrogen) atoms. The number of aromatic nitrogens is 1. The summed E-state index contributed by atoms with van der Waals surface area (Å²) in [6.45, 7) is 8.55. The molecule has 3 nitrogen and oxygen atoms in total. The number of hydrogen-bond acceptors (Lipinski definition) is 2. The van der Waals surface area contributed by atoms with Gasteiger partial charge in [0.1, 0.15) is 0 Å². The quantitative estimate of drug-likeness (QED) is 0.144. The predicted octanol–water partition coefficient (Wildman–Crippen LogP) is 16.3. The lowest BCUT2D eigenvalue weighted by molar-refractivity contribution is 1.18. The van der Waals surface area contributed by atoms with Crippen LogP contribution in [-0.2, 0) is 0 Å². The predicted molar refractivity (Wildman–Crippen MR) is 260 cm³/mol. The van der Waals surface area contributed by atoms with Gasteiger partial charge >= 0.3 is 0 Å². The van der Waals surface area contributed by atoms with Gasteiger partial charge in [-0.3, -0.25) is 0 Å². The summed E-state index contributed by atoms with van der Waals surface area (Å²) in [5, 5.41) is 2.43. The molecule has 0 spiro atoms. The molecule has 0 saturated heterocycles. The highest BCUT2D eigenvalue weighted by atomic mass is 15.1. The number of rotatable bonds is 9. The Morgan fingerprint density at radius 2 is 0.623 bits per heavy atom. The van der Waals surface area contributed by atoms with Crippen LogP contribution in [0.15, 0.2) is 212 Å². The molecular weight excluding hydrogens is 739 g/mol. The average molecular weight is 786 g/mol. The highest BCUT2D eigenvalue weighted by Crippen LogP contribution is 2.41. The van der Waals surface area contributed by atoms with Crippen molar-refractivity contribution in [2.75, 3.05) is 9.80 Å². The molecule has 0 aliphatic rings. The first kappa shape index (κ1) is 37.6. The number of hydrogen-bond donors (Lipinski definition) is 0. The number of para-hydroxylation sites is 1. The molecule has 0 radical (unpaired) electrons. The largest absolute Gasteiger partial charge is 0.310 e. The molecule has 0 N–H and O–H groups in total. The Balaban J connectivity index is 1.10. The summed E-state index contributed by atoms with van der Waals surface area (Å²) < 4.78 is 2.40. The van der Waals surface area contributed by atoms with Crippen LogP contribution in [0.3, 0.4) is 0 Å². The minimum Gasteiger partial charge on any atom is -0.310 e. The van der Waals surface area contributed by atoms with Crippen LogP contribution in [0.5, 0.6) is 0 Å². The molecule has 0 atom stereocenters. The molecule has 0 unspecified atom stereocenters. The smallest absolute Gasteiger partial charge is 0.0541 e. The van der Waals surface area contributed by atoms with Crippen molar-refractivity contribution >= 4 is 55.9 Å². The number of benzene rings is 9. The molecular formula is C58H47N3. The van der Waals surface area contributed by atoms with E-state index in [0.29, 0.717) is 0 Å². The van der Waals surface area contributed by atoms with Crippen LogP contribution in [-0.4, -0.2) is 4.57 Å². The van der Waals surface area contributed by atoms with E-state index in [4.69, 9.17) is 0 Å². The van der Waals surface area contributed by atoms with E-state index >= 15 is 0 Å². The molecule has 1 heterocycles. The van der Waals surface area contributed by atoms with Gasteiger partial charge in [0, 0.05) is 50.6 Å². The second kappa shape index (κ2) is 15.9. The molecule has 1 aromatic heterocycles. The lowest BCUT2D eigenvalue weighted by Crippen LogP contribution is -2.10. The van der Waals surface area contributed by atoms with Crippen molar-refractivity contribution in [1.82, 2.24) is 4.57 Å². The van der Waals surface area contributed by atoms with E-state index in [1.807, 2.05) is 0 Å². The van der Waals surface area contributed by atoms with Gasteiger partial charge in [0.05, 0.1) is 11.0 Å². The second-order valence-electron chi connectivity index (χ2n) is 16.2. The Labute approximate surface area is 359 Å². The van der Waals surface area contributed by atoms with E-state index in [1.165, 1.54) is 66.3 Å². The van der Waals surface area contributed by atoms with Crippen LogP contribution in [0.25, 0.3) is 49.7 Å². The monoisotopic (exact) mass is 785 g/mol. The fourth-order valence-electron chi connectivity index (χ4n) is 8.56. The van der Waals surface area contributed by atoms with Crippen molar-refractivity contribution in [3.05, 3.63) is 235 Å². The normalized spacial score (nSPS) is 11.3. The molecule has 0 bridgehead atoms. The van der Waals surface area contributed by atoms with Crippen LogP contribution in [0.2, 0.25) is 0 Å². The lowest BCUT2D eigenvalue weighted by atomic mass is 9.99. The first-order valence-corrected chi connectivity index (χ1v) is 21.1. The number of anilines is 6. The number of nitrogens with zero attached hydrogens (tertiary/aromatic N) is 3. The summed E-state index contributed by atoms with van der Waals surface area (Å²) in [4.78, 5) is 4.70. The lowest BCUT2D eigenvalue weighted by Gasteiger charge is -2.26. The van der Waals surface area contributed by atoms with Gasteiger partial charge in [-0.05, 0) is 159 Å². The number of fused-ring (bicyclic) bond motifs is 3. The van der Waals surface area contributed by atoms with E-state index in [0.717, 1.165) is 39.8 Å². The Bertz CT molecular complexity index is 2850. The first-order valence-electron chi connectivity index (χ1n) is 21.1. The van der Waals surface area contributed by atoms with Crippen LogP contribution < -0.4 is 9.80 Å². The molecule has 10 rings (SSSR count). The van der Waals surface area contributed by atoms with Crippen molar-refractivity contribution in [3.63, 3.8) is 0 Å². The standard InChI is InChI=1S/C58H47N3/c1-40-16-26-49(27-17-40)59(50-28-18-41(2)19-29-50)53-14-8-10-44(36-53)46-24-34-57-55(38-46)56-39-47(25-35-58(56)61(57)48-12-6-5-7-13-48)45-11-9-15-54(37-45)60(51-30-20-42(3)21-31-51)52-32-22-43(4)23-33-52/h5-39H,1-4H3. The van der Waals surface area contributed by atoms with E-state index in [9.17, 15) is 0 Å². The zero-order valence-corrected chi connectivity index (χ0v) is 35.0. The molecule has 0 amide bonds. The topological polar surface area (TPSA) is 11.4 Å². The molecule has 3 heteroatoms. The second-order valence-corrected chi connectivity index (χ2v) is 16.2. The highest BCUT2D eigenvalue weighted by Gasteiger charge is 2.18. The van der Waals surface area contributed by atoms with Gasteiger partial charge in [-0.25, -0.2) is 0 Å². The van der Waals surface area contributed by atoms with Crippen molar-refractivity contribution in [2.24, 2.45) is 0 Å². The van der Waals surface area contributed by atoms with Gasteiger partial charge in [-0.15, -0.1) is 0 Å². The van der Waals surface area contributed by atoms with Crippen LogP contribution in [0.4, 0.5) is 34.1 Å². The molecule has 0 fully saturated rings. The van der Waals surface area contributed by atoms with Crippen LogP contribution in [0.1, 0.15) is 22.3 Å². The maximum Gasteiger partial charge on any atom is 0.0541 e. The molecule has 10 aromatic rings. The summed E-state index contributed by atoms with van der Waals surface area (Å²) in [7, 11) is 0. The van der Waals surface area contributed by atoms with E-state index in [-0.39, 0.29) is 0 Å². The van der Waals surface area contributed by atoms with Crippen LogP contribution >= 0.6 is 0 Å². The van der Waals surface area contributed by atoms with Gasteiger partial charge in [0.25, 0.3) is 0 Å². The minimum atomic E-state index is 1.12. The van der Waals surface area contributed by atoms with Crippen LogP contribution in [0, 0.1) is 27.7 Å². The molecule has 0 aliphatic heterocycles. The SMILES string of the molecule is Cc1ccc(N(c2ccc(C)cc2)c2cccc(-c3ccc4c(c3)c3cc(-c5cccc(N(c6ccc(C)cc6)c6ccc(C)cc6)c5)ccc3n4-c3ccccc3)c2)cc1. The third kappa shape index (κ3) is 7.36. The van der Waals surface area contributed by atoms with Gasteiger partial charge in [-0.2, -0.15) is 0 Å². The van der Waals surface area contributed by atoms with Crippen molar-refractivity contribution < 1.29 is 0 Å². The Kier molecular flexibility index (Phi) is 9.78. The van der Waals surface area contributed by atoms with Gasteiger partial charge < -0.3 is 14.4 Å². The zero-order valence-electron chi connectivity index (χ0n) is 35.0. The third-order valence-corrected chi connectivity index (χ3v) is 11.8. The number of aryl methyl sites for hydroxylation is 4. The minimum absolute atomic E-state index is 1.12. The molecule has 9 aromatic carbocycles. The Hall–Kier alpha value is -7.62. The molecule has 294 valence electrons. The third-order valence-electron chi connectivity index (χ3n) is 11.8. The first-order chi connectivity index (χ1) is 29.9. The summed E-state index contributed by atoms with van der Waals surface area (Å²) in [5.74, 6) is 0. The van der Waals surface area contributed by atoms with E-state index in [1.54, 1.807) is 0 Å². The Morgan fingerprint density at radius 3 is 0.984 bits per heavy atom. The maximum absolute atomic E-state index is 2.40. The highest BCUT2D eigenvalue weighted by molar-refractivity contribution is 6.11. The Morgan fingerprint density at radius 1 is 0.279 bits per heavy atom. The summed E-state index contributed by atoms with van der Waals surface area (Å²) >= 11 is 0. The fraction of sp³-hybridized carbons (Fsp3) is 0.0690. The molecule has 0 saturated carbocycles. The van der Waals surface area contributed by atoms with Gasteiger partial charge in [-0.1, -0.05) is 125 Å². The fourth-order valence-corrected chi connectivity index (χ4v) is 8.56. The summed E-state index contributed by atoms with van der Waals surface area (Å²) in [6, 6.07) is 77.7. The summed E-state index contributed by atoms with van der Waals surface area (Å²) in [6.07, 6.45) is 0. The van der Waals surface area contributed by atoms with Crippen molar-refractivity contribution in [1.29, 1.82) is 0 Å².